The monoisotopic (exact) mass is 343 g/mol. The van der Waals surface area contributed by atoms with Crippen LogP contribution in [-0.2, 0) is 9.47 Å². The molecule has 2 fully saturated rings. The molecule has 0 spiro atoms. The Bertz CT molecular complexity index is 380. The molecule has 2 N–H and O–H groups in total. The van der Waals surface area contributed by atoms with Crippen molar-refractivity contribution < 1.29 is 9.47 Å². The number of aliphatic imine (C=N–C) groups is 1. The van der Waals surface area contributed by atoms with E-state index in [1.165, 1.54) is 19.3 Å². The quantitative estimate of drug-likeness (QED) is 0.523. The maximum Gasteiger partial charge on any atom is 0.191 e. The third kappa shape index (κ3) is 5.26. The van der Waals surface area contributed by atoms with Crippen LogP contribution in [0.15, 0.2) is 4.99 Å². The normalized spacial score (nSPS) is 23.2. The van der Waals surface area contributed by atoms with Crippen molar-refractivity contribution in [3.8, 4) is 0 Å². The second kappa shape index (κ2) is 9.14. The number of ether oxygens (including phenoxy) is 2. The van der Waals surface area contributed by atoms with Gasteiger partial charge in [0.05, 0.1) is 0 Å². The van der Waals surface area contributed by atoms with Crippen LogP contribution in [-0.4, -0.2) is 64.0 Å². The summed E-state index contributed by atoms with van der Waals surface area (Å²) in [6.07, 6.45) is 9.49. The van der Waals surface area contributed by atoms with Crippen LogP contribution in [0.1, 0.15) is 38.5 Å². The molecular formula is C17H33N3O2S. The van der Waals surface area contributed by atoms with Gasteiger partial charge in [-0.15, -0.1) is 0 Å². The molecule has 0 amide bonds. The van der Waals surface area contributed by atoms with Crippen molar-refractivity contribution in [3.05, 3.63) is 0 Å². The SMILES string of the molecule is CN=C(NCC1(CCOC)CCC1)NCC1(SC)CCOCC1. The number of hydrogen-bond donors (Lipinski definition) is 2. The highest BCUT2D eigenvalue weighted by atomic mass is 32.2. The average Bonchev–Trinajstić information content (AvgIpc) is 2.57. The molecule has 2 aliphatic rings. The summed E-state index contributed by atoms with van der Waals surface area (Å²) in [5.74, 6) is 0.925. The minimum Gasteiger partial charge on any atom is -0.385 e. The molecule has 0 atom stereocenters. The highest BCUT2D eigenvalue weighted by Gasteiger charge is 2.37. The number of hydrogen-bond acceptors (Lipinski definition) is 4. The van der Waals surface area contributed by atoms with Gasteiger partial charge in [0.15, 0.2) is 5.96 Å². The minimum atomic E-state index is 0.278. The van der Waals surface area contributed by atoms with Crippen LogP contribution >= 0.6 is 11.8 Å². The van der Waals surface area contributed by atoms with Crippen molar-refractivity contribution in [1.29, 1.82) is 0 Å². The van der Waals surface area contributed by atoms with E-state index in [2.05, 4.69) is 21.9 Å². The van der Waals surface area contributed by atoms with E-state index in [-0.39, 0.29) is 4.75 Å². The molecule has 1 heterocycles. The molecular weight excluding hydrogens is 310 g/mol. The van der Waals surface area contributed by atoms with Gasteiger partial charge in [0.2, 0.25) is 0 Å². The molecule has 0 aromatic carbocycles. The van der Waals surface area contributed by atoms with Gasteiger partial charge in [-0.3, -0.25) is 4.99 Å². The number of nitrogens with zero attached hydrogens (tertiary/aromatic N) is 1. The van der Waals surface area contributed by atoms with Gasteiger partial charge >= 0.3 is 0 Å². The molecule has 0 unspecified atom stereocenters. The Morgan fingerprint density at radius 2 is 1.87 bits per heavy atom. The van der Waals surface area contributed by atoms with E-state index in [4.69, 9.17) is 9.47 Å². The summed E-state index contributed by atoms with van der Waals surface area (Å²) in [5, 5.41) is 7.08. The number of nitrogens with one attached hydrogen (secondary N) is 2. The summed E-state index contributed by atoms with van der Waals surface area (Å²) in [7, 11) is 3.64. The second-order valence-corrected chi connectivity index (χ2v) is 8.15. The first kappa shape index (κ1) is 18.9. The van der Waals surface area contributed by atoms with E-state index < -0.39 is 0 Å². The number of guanidine groups is 1. The lowest BCUT2D eigenvalue weighted by atomic mass is 9.67. The van der Waals surface area contributed by atoms with E-state index in [1.54, 1.807) is 7.11 Å². The van der Waals surface area contributed by atoms with Crippen LogP contribution in [0, 0.1) is 5.41 Å². The average molecular weight is 344 g/mol. The van der Waals surface area contributed by atoms with Crippen molar-refractivity contribution in [1.82, 2.24) is 10.6 Å². The van der Waals surface area contributed by atoms with Gasteiger partial charge < -0.3 is 20.1 Å². The van der Waals surface area contributed by atoms with Gasteiger partial charge in [0.25, 0.3) is 0 Å². The topological polar surface area (TPSA) is 54.9 Å². The van der Waals surface area contributed by atoms with Gasteiger partial charge in [-0.2, -0.15) is 11.8 Å². The predicted octanol–water partition coefficient (Wildman–Crippen LogP) is 2.27. The summed E-state index contributed by atoms with van der Waals surface area (Å²) in [4.78, 5) is 4.40. The smallest absolute Gasteiger partial charge is 0.191 e. The van der Waals surface area contributed by atoms with Gasteiger partial charge in [-0.25, -0.2) is 0 Å². The first-order valence-electron chi connectivity index (χ1n) is 8.74. The molecule has 134 valence electrons. The summed E-state index contributed by atoms with van der Waals surface area (Å²) in [5.41, 5.74) is 0.406. The number of methoxy groups -OCH3 is 1. The largest absolute Gasteiger partial charge is 0.385 e. The Hall–Kier alpha value is -0.460. The van der Waals surface area contributed by atoms with E-state index in [0.29, 0.717) is 5.41 Å². The summed E-state index contributed by atoms with van der Waals surface area (Å²) < 4.78 is 11.1. The summed E-state index contributed by atoms with van der Waals surface area (Å²) in [6.45, 7) is 4.53. The molecule has 6 heteroatoms. The van der Waals surface area contributed by atoms with Crippen LogP contribution in [0.25, 0.3) is 0 Å². The lowest BCUT2D eigenvalue weighted by Crippen LogP contribution is -2.51. The van der Waals surface area contributed by atoms with Gasteiger partial charge in [0, 0.05) is 51.8 Å². The van der Waals surface area contributed by atoms with Crippen LogP contribution in [0.4, 0.5) is 0 Å². The minimum absolute atomic E-state index is 0.278. The van der Waals surface area contributed by atoms with Gasteiger partial charge in [-0.05, 0) is 43.8 Å². The molecule has 0 aromatic rings. The Morgan fingerprint density at radius 1 is 1.17 bits per heavy atom. The Labute approximate surface area is 145 Å². The third-order valence-electron chi connectivity index (χ3n) is 5.52. The summed E-state index contributed by atoms with van der Waals surface area (Å²) >= 11 is 1.95. The molecule has 0 bridgehead atoms. The molecule has 0 radical (unpaired) electrons. The van der Waals surface area contributed by atoms with Crippen LogP contribution < -0.4 is 10.6 Å². The molecule has 1 saturated carbocycles. The van der Waals surface area contributed by atoms with E-state index in [0.717, 1.165) is 58.1 Å². The van der Waals surface area contributed by atoms with Crippen LogP contribution in [0.2, 0.25) is 0 Å². The lowest BCUT2D eigenvalue weighted by Gasteiger charge is -2.42. The summed E-state index contributed by atoms with van der Waals surface area (Å²) in [6, 6.07) is 0. The Balaban J connectivity index is 1.78. The lowest BCUT2D eigenvalue weighted by molar-refractivity contribution is 0.0728. The molecule has 0 aromatic heterocycles. The van der Waals surface area contributed by atoms with Crippen LogP contribution in [0.5, 0.6) is 0 Å². The van der Waals surface area contributed by atoms with Crippen molar-refractivity contribution in [2.75, 3.05) is 53.3 Å². The fourth-order valence-electron chi connectivity index (χ4n) is 3.44. The fourth-order valence-corrected chi connectivity index (χ4v) is 4.24. The van der Waals surface area contributed by atoms with E-state index >= 15 is 0 Å². The van der Waals surface area contributed by atoms with Crippen molar-refractivity contribution in [2.24, 2.45) is 10.4 Å². The number of thioether (sulfide) groups is 1. The first-order valence-corrected chi connectivity index (χ1v) is 9.96. The Morgan fingerprint density at radius 3 is 2.39 bits per heavy atom. The van der Waals surface area contributed by atoms with E-state index in [1.807, 2.05) is 18.8 Å². The maximum atomic E-state index is 5.51. The highest BCUT2D eigenvalue weighted by molar-refractivity contribution is 8.00. The molecule has 5 nitrogen and oxygen atoms in total. The molecule has 1 saturated heterocycles. The van der Waals surface area contributed by atoms with Gasteiger partial charge in [0.1, 0.15) is 0 Å². The van der Waals surface area contributed by atoms with Crippen molar-refractivity contribution >= 4 is 17.7 Å². The molecule has 1 aliphatic heterocycles. The molecule has 23 heavy (non-hydrogen) atoms. The highest BCUT2D eigenvalue weighted by Crippen LogP contribution is 2.43. The van der Waals surface area contributed by atoms with Crippen molar-refractivity contribution in [3.63, 3.8) is 0 Å². The Kier molecular flexibility index (Phi) is 7.50. The molecule has 1 aliphatic carbocycles. The number of rotatable bonds is 8. The molecule has 2 rings (SSSR count). The second-order valence-electron chi connectivity index (χ2n) is 6.88. The third-order valence-corrected chi connectivity index (χ3v) is 6.94. The first-order chi connectivity index (χ1) is 11.2. The van der Waals surface area contributed by atoms with Gasteiger partial charge in [-0.1, -0.05) is 6.42 Å². The zero-order chi connectivity index (χ0) is 16.6. The zero-order valence-corrected chi connectivity index (χ0v) is 15.8. The predicted molar refractivity (Wildman–Crippen MR) is 98.4 cm³/mol. The fraction of sp³-hybridized carbons (Fsp3) is 0.941. The van der Waals surface area contributed by atoms with Crippen LogP contribution in [0.3, 0.4) is 0 Å². The maximum absolute atomic E-state index is 5.51. The van der Waals surface area contributed by atoms with Crippen molar-refractivity contribution in [2.45, 2.75) is 43.3 Å². The zero-order valence-electron chi connectivity index (χ0n) is 15.0. The standard InChI is InChI=1S/C17H33N3O2S/c1-18-15(19-13-16(5-4-6-16)7-10-21-2)20-14-17(23-3)8-11-22-12-9-17/h4-14H2,1-3H3,(H2,18,19,20). The van der Waals surface area contributed by atoms with E-state index in [9.17, 15) is 0 Å².